The van der Waals surface area contributed by atoms with Gasteiger partial charge in [0, 0.05) is 10.0 Å². The second-order valence-corrected chi connectivity index (χ2v) is 4.45. The smallest absolute Gasteiger partial charge is 0.208 e. The van der Waals surface area contributed by atoms with Gasteiger partial charge in [-0.3, -0.25) is 0 Å². The van der Waals surface area contributed by atoms with Gasteiger partial charge in [-0.15, -0.1) is 0 Å². The predicted molar refractivity (Wildman–Crippen MR) is 67.9 cm³/mol. The van der Waals surface area contributed by atoms with Gasteiger partial charge >= 0.3 is 0 Å². The number of hydrogen-bond acceptors (Lipinski definition) is 5. The van der Waals surface area contributed by atoms with Crippen molar-refractivity contribution < 1.29 is 25.5 Å². The standard InChI is InChI=1S/C12H9BrO5/c13-6-4-2-1-3-5(6)7-8(14)10(16)12(18)11(17)9(7)15/h1-4,14-18H. The minimum atomic E-state index is -0.971. The number of phenols is 5. The first-order chi connectivity index (χ1) is 8.45. The van der Waals surface area contributed by atoms with Gasteiger partial charge in [-0.25, -0.2) is 0 Å². The normalized spacial score (nSPS) is 10.5. The van der Waals surface area contributed by atoms with Crippen LogP contribution in [0.5, 0.6) is 28.7 Å². The Balaban J connectivity index is 2.85. The van der Waals surface area contributed by atoms with Crippen LogP contribution in [0.15, 0.2) is 28.7 Å². The van der Waals surface area contributed by atoms with Crippen LogP contribution < -0.4 is 0 Å². The summed E-state index contributed by atoms with van der Waals surface area (Å²) in [5.74, 6) is -4.18. The zero-order valence-electron chi connectivity index (χ0n) is 8.92. The fraction of sp³-hybridized carbons (Fsp3) is 0. The third-order valence-corrected chi connectivity index (χ3v) is 3.21. The quantitative estimate of drug-likeness (QED) is 0.411. The van der Waals surface area contributed by atoms with Crippen LogP contribution in [0.4, 0.5) is 0 Å². The van der Waals surface area contributed by atoms with E-state index in [9.17, 15) is 25.5 Å². The minimum Gasteiger partial charge on any atom is -0.504 e. The molecule has 5 N–H and O–H groups in total. The van der Waals surface area contributed by atoms with E-state index < -0.39 is 28.7 Å². The van der Waals surface area contributed by atoms with Crippen LogP contribution in [0, 0.1) is 0 Å². The van der Waals surface area contributed by atoms with Gasteiger partial charge in [0.05, 0.1) is 5.56 Å². The van der Waals surface area contributed by atoms with Gasteiger partial charge < -0.3 is 25.5 Å². The van der Waals surface area contributed by atoms with E-state index in [0.717, 1.165) is 0 Å². The van der Waals surface area contributed by atoms with Crippen LogP contribution in [0.1, 0.15) is 0 Å². The van der Waals surface area contributed by atoms with Crippen LogP contribution in [-0.2, 0) is 0 Å². The molecule has 0 aliphatic heterocycles. The first kappa shape index (κ1) is 12.4. The first-order valence-electron chi connectivity index (χ1n) is 4.88. The van der Waals surface area contributed by atoms with Crippen molar-refractivity contribution in [2.45, 2.75) is 0 Å². The largest absolute Gasteiger partial charge is 0.504 e. The Morgan fingerprint density at radius 2 is 1.11 bits per heavy atom. The Kier molecular flexibility index (Phi) is 2.96. The van der Waals surface area contributed by atoms with Crippen molar-refractivity contribution in [1.29, 1.82) is 0 Å². The van der Waals surface area contributed by atoms with Crippen LogP contribution in [0.2, 0.25) is 0 Å². The molecule has 0 unspecified atom stereocenters. The van der Waals surface area contributed by atoms with Crippen LogP contribution >= 0.6 is 15.9 Å². The number of aromatic hydroxyl groups is 5. The Morgan fingerprint density at radius 3 is 1.61 bits per heavy atom. The Morgan fingerprint density at radius 1 is 0.667 bits per heavy atom. The second-order valence-electron chi connectivity index (χ2n) is 3.60. The van der Waals surface area contributed by atoms with Gasteiger partial charge in [0.1, 0.15) is 0 Å². The molecule has 0 saturated carbocycles. The molecule has 0 atom stereocenters. The molecule has 0 radical (unpaired) electrons. The van der Waals surface area contributed by atoms with Crippen molar-refractivity contribution in [3.05, 3.63) is 28.7 Å². The van der Waals surface area contributed by atoms with Gasteiger partial charge in [0.2, 0.25) is 17.2 Å². The summed E-state index contributed by atoms with van der Waals surface area (Å²) in [5.41, 5.74) is 0.188. The molecule has 2 aromatic rings. The van der Waals surface area contributed by atoms with Crippen LogP contribution in [-0.4, -0.2) is 25.5 Å². The lowest BCUT2D eigenvalue weighted by atomic mass is 10.0. The van der Waals surface area contributed by atoms with Crippen molar-refractivity contribution in [3.8, 4) is 39.9 Å². The van der Waals surface area contributed by atoms with Gasteiger partial charge in [-0.1, -0.05) is 34.1 Å². The fourth-order valence-corrected chi connectivity index (χ4v) is 2.09. The van der Waals surface area contributed by atoms with Gasteiger partial charge in [-0.2, -0.15) is 0 Å². The van der Waals surface area contributed by atoms with E-state index in [2.05, 4.69) is 15.9 Å². The average molecular weight is 313 g/mol. The Labute approximate surface area is 110 Å². The van der Waals surface area contributed by atoms with E-state index in [-0.39, 0.29) is 5.56 Å². The number of hydrogen-bond donors (Lipinski definition) is 5. The van der Waals surface area contributed by atoms with Crippen molar-refractivity contribution in [2.24, 2.45) is 0 Å². The number of phenolic OH excluding ortho intramolecular Hbond substituents is 5. The maximum absolute atomic E-state index is 9.76. The molecule has 18 heavy (non-hydrogen) atoms. The highest BCUT2D eigenvalue weighted by molar-refractivity contribution is 9.10. The minimum absolute atomic E-state index is 0.171. The van der Waals surface area contributed by atoms with E-state index in [1.807, 2.05) is 0 Å². The van der Waals surface area contributed by atoms with Gasteiger partial charge in [-0.05, 0) is 6.07 Å². The molecular formula is C12H9BrO5. The maximum atomic E-state index is 9.76. The third kappa shape index (κ3) is 1.70. The monoisotopic (exact) mass is 312 g/mol. The van der Waals surface area contributed by atoms with Gasteiger partial charge in [0.15, 0.2) is 11.5 Å². The summed E-state index contributed by atoms with van der Waals surface area (Å²) in [4.78, 5) is 0. The van der Waals surface area contributed by atoms with Crippen molar-refractivity contribution in [1.82, 2.24) is 0 Å². The van der Waals surface area contributed by atoms with Crippen LogP contribution in [0.3, 0.4) is 0 Å². The summed E-state index contributed by atoms with van der Waals surface area (Å²) in [6.07, 6.45) is 0. The molecule has 0 bridgehead atoms. The molecule has 6 heteroatoms. The highest BCUT2D eigenvalue weighted by Gasteiger charge is 2.24. The van der Waals surface area contributed by atoms with E-state index in [1.54, 1.807) is 24.3 Å². The number of benzene rings is 2. The predicted octanol–water partition coefficient (Wildman–Crippen LogP) is 2.64. The lowest BCUT2D eigenvalue weighted by Gasteiger charge is -2.13. The molecule has 2 aromatic carbocycles. The van der Waals surface area contributed by atoms with Crippen molar-refractivity contribution >= 4 is 15.9 Å². The molecular weight excluding hydrogens is 304 g/mol. The zero-order valence-corrected chi connectivity index (χ0v) is 10.5. The van der Waals surface area contributed by atoms with E-state index >= 15 is 0 Å². The topological polar surface area (TPSA) is 101 Å². The molecule has 0 fully saturated rings. The van der Waals surface area contributed by atoms with Crippen LogP contribution in [0.25, 0.3) is 11.1 Å². The van der Waals surface area contributed by atoms with E-state index in [0.29, 0.717) is 10.0 Å². The summed E-state index contributed by atoms with van der Waals surface area (Å²) < 4.78 is 0.542. The van der Waals surface area contributed by atoms with Crippen molar-refractivity contribution in [2.75, 3.05) is 0 Å². The molecule has 0 aliphatic rings. The molecule has 2 rings (SSSR count). The third-order valence-electron chi connectivity index (χ3n) is 2.51. The summed E-state index contributed by atoms with van der Waals surface area (Å²) in [5, 5.41) is 47.7. The molecule has 94 valence electrons. The second kappa shape index (κ2) is 4.30. The Bertz CT molecular complexity index is 595. The van der Waals surface area contributed by atoms with E-state index in [1.165, 1.54) is 0 Å². The van der Waals surface area contributed by atoms with Gasteiger partial charge in [0.25, 0.3) is 0 Å². The fourth-order valence-electron chi connectivity index (χ4n) is 1.60. The molecule has 0 amide bonds. The molecule has 0 saturated heterocycles. The summed E-state index contributed by atoms with van der Waals surface area (Å²) in [7, 11) is 0. The molecule has 0 aliphatic carbocycles. The zero-order chi connectivity index (χ0) is 13.4. The summed E-state index contributed by atoms with van der Waals surface area (Å²) in [6, 6.07) is 6.60. The first-order valence-corrected chi connectivity index (χ1v) is 5.68. The molecule has 5 nitrogen and oxygen atoms in total. The molecule has 0 aromatic heterocycles. The Hall–Kier alpha value is -2.08. The highest BCUT2D eigenvalue weighted by atomic mass is 79.9. The number of halogens is 1. The maximum Gasteiger partial charge on any atom is 0.208 e. The average Bonchev–Trinajstić information content (AvgIpc) is 2.36. The SMILES string of the molecule is Oc1c(O)c(O)c(-c2ccccc2Br)c(O)c1O. The van der Waals surface area contributed by atoms with E-state index in [4.69, 9.17) is 0 Å². The molecule has 0 heterocycles. The lowest BCUT2D eigenvalue weighted by Crippen LogP contribution is -1.85. The summed E-state index contributed by atoms with van der Waals surface area (Å²) in [6.45, 7) is 0. The lowest BCUT2D eigenvalue weighted by molar-refractivity contribution is 0.330. The summed E-state index contributed by atoms with van der Waals surface area (Å²) >= 11 is 3.22. The van der Waals surface area contributed by atoms with Crippen molar-refractivity contribution in [3.63, 3.8) is 0 Å². The highest BCUT2D eigenvalue weighted by Crippen LogP contribution is 2.55. The number of rotatable bonds is 1. The molecule has 0 spiro atoms.